The van der Waals surface area contributed by atoms with Crippen LogP contribution in [-0.4, -0.2) is 40.7 Å². The molecule has 1 aliphatic rings. The summed E-state index contributed by atoms with van der Waals surface area (Å²) in [6.07, 6.45) is 1.52. The van der Waals surface area contributed by atoms with E-state index in [1.54, 1.807) is 23.1 Å². The lowest BCUT2D eigenvalue weighted by Gasteiger charge is -2.19. The van der Waals surface area contributed by atoms with Crippen LogP contribution in [0.25, 0.3) is 0 Å². The van der Waals surface area contributed by atoms with Crippen molar-refractivity contribution >= 4 is 5.91 Å². The molecule has 2 N–H and O–H groups in total. The Labute approximate surface area is 94.1 Å². The van der Waals surface area contributed by atoms with Crippen molar-refractivity contribution in [3.05, 3.63) is 29.3 Å². The van der Waals surface area contributed by atoms with E-state index >= 15 is 0 Å². The minimum Gasteiger partial charge on any atom is -0.508 e. The van der Waals surface area contributed by atoms with E-state index in [1.165, 1.54) is 0 Å². The number of carbonyl (C=O) groups is 1. The van der Waals surface area contributed by atoms with Gasteiger partial charge in [0.25, 0.3) is 5.91 Å². The molecule has 2 rings (SSSR count). The van der Waals surface area contributed by atoms with Crippen LogP contribution >= 0.6 is 0 Å². The Bertz CT molecular complexity index is 403. The first-order chi connectivity index (χ1) is 7.74. The molecule has 0 saturated heterocycles. The maximum Gasteiger partial charge on any atom is 0.254 e. The van der Waals surface area contributed by atoms with Gasteiger partial charge in [-0.3, -0.25) is 4.79 Å². The SMILES string of the molecule is O=C1c2cccc(O)c2CCCN1CCO. The molecule has 16 heavy (non-hydrogen) atoms. The van der Waals surface area contributed by atoms with Gasteiger partial charge in [-0.25, -0.2) is 0 Å². The highest BCUT2D eigenvalue weighted by Gasteiger charge is 2.23. The number of carbonyl (C=O) groups excluding carboxylic acids is 1. The number of hydrogen-bond donors (Lipinski definition) is 2. The molecule has 86 valence electrons. The molecule has 0 saturated carbocycles. The van der Waals surface area contributed by atoms with Crippen molar-refractivity contribution in [2.45, 2.75) is 12.8 Å². The molecule has 1 aromatic carbocycles. The molecule has 0 unspecified atom stereocenters. The number of amides is 1. The second-order valence-corrected chi connectivity index (χ2v) is 3.92. The summed E-state index contributed by atoms with van der Waals surface area (Å²) in [6.45, 7) is 0.960. The summed E-state index contributed by atoms with van der Waals surface area (Å²) in [5, 5.41) is 18.6. The van der Waals surface area contributed by atoms with Crippen LogP contribution in [0.5, 0.6) is 5.75 Å². The fourth-order valence-electron chi connectivity index (χ4n) is 2.09. The van der Waals surface area contributed by atoms with E-state index in [1.807, 2.05) is 0 Å². The molecule has 1 heterocycles. The number of benzene rings is 1. The molecule has 1 amide bonds. The molecular formula is C12H15NO3. The molecule has 0 aromatic heterocycles. The van der Waals surface area contributed by atoms with E-state index < -0.39 is 0 Å². The van der Waals surface area contributed by atoms with Crippen molar-refractivity contribution in [3.63, 3.8) is 0 Å². The fraction of sp³-hybridized carbons (Fsp3) is 0.417. The second kappa shape index (κ2) is 4.53. The van der Waals surface area contributed by atoms with Gasteiger partial charge in [0.05, 0.1) is 6.61 Å². The van der Waals surface area contributed by atoms with Crippen molar-refractivity contribution in [2.24, 2.45) is 0 Å². The predicted molar refractivity (Wildman–Crippen MR) is 59.4 cm³/mol. The first-order valence-electron chi connectivity index (χ1n) is 5.45. The van der Waals surface area contributed by atoms with Crippen molar-refractivity contribution in [3.8, 4) is 5.75 Å². The smallest absolute Gasteiger partial charge is 0.254 e. The zero-order chi connectivity index (χ0) is 11.5. The third-order valence-corrected chi connectivity index (χ3v) is 2.89. The molecule has 1 aliphatic heterocycles. The maximum atomic E-state index is 12.1. The number of β-amino-alcohol motifs (C(OH)–C–C–N with tert-alkyl or cyclic N) is 1. The topological polar surface area (TPSA) is 60.8 Å². The monoisotopic (exact) mass is 221 g/mol. The van der Waals surface area contributed by atoms with Crippen LogP contribution in [-0.2, 0) is 6.42 Å². The minimum absolute atomic E-state index is 0.0279. The van der Waals surface area contributed by atoms with Crippen LogP contribution in [0.4, 0.5) is 0 Å². The molecule has 0 radical (unpaired) electrons. The van der Waals surface area contributed by atoms with Gasteiger partial charge in [0.2, 0.25) is 0 Å². The number of phenols is 1. The molecule has 0 bridgehead atoms. The zero-order valence-corrected chi connectivity index (χ0v) is 9.02. The highest BCUT2D eigenvalue weighted by atomic mass is 16.3. The lowest BCUT2D eigenvalue weighted by Crippen LogP contribution is -2.33. The van der Waals surface area contributed by atoms with Crippen molar-refractivity contribution in [2.75, 3.05) is 19.7 Å². The number of aromatic hydroxyl groups is 1. The third kappa shape index (κ3) is 1.88. The molecule has 4 heteroatoms. The Morgan fingerprint density at radius 2 is 2.19 bits per heavy atom. The van der Waals surface area contributed by atoms with Gasteiger partial charge in [-0.15, -0.1) is 0 Å². The van der Waals surface area contributed by atoms with Crippen LogP contribution in [0, 0.1) is 0 Å². The average Bonchev–Trinajstić information content (AvgIpc) is 2.43. The Hall–Kier alpha value is -1.55. The van der Waals surface area contributed by atoms with E-state index in [0.29, 0.717) is 25.1 Å². The molecule has 4 nitrogen and oxygen atoms in total. The summed E-state index contributed by atoms with van der Waals surface area (Å²) in [4.78, 5) is 13.7. The van der Waals surface area contributed by atoms with Crippen LogP contribution in [0.1, 0.15) is 22.3 Å². The van der Waals surface area contributed by atoms with Gasteiger partial charge in [0, 0.05) is 24.2 Å². The first kappa shape index (κ1) is 11.0. The lowest BCUT2D eigenvalue weighted by atomic mass is 10.0. The number of nitrogens with zero attached hydrogens (tertiary/aromatic N) is 1. The third-order valence-electron chi connectivity index (χ3n) is 2.89. The summed E-state index contributed by atoms with van der Waals surface area (Å²) >= 11 is 0. The number of aliphatic hydroxyl groups excluding tert-OH is 1. The maximum absolute atomic E-state index is 12.1. The fourth-order valence-corrected chi connectivity index (χ4v) is 2.09. The summed E-state index contributed by atoms with van der Waals surface area (Å²) < 4.78 is 0. The highest BCUT2D eigenvalue weighted by molar-refractivity contribution is 5.96. The van der Waals surface area contributed by atoms with E-state index in [0.717, 1.165) is 12.0 Å². The number of phenolic OH excluding ortho intramolecular Hbond substituents is 1. The summed E-state index contributed by atoms with van der Waals surface area (Å²) in [7, 11) is 0. The second-order valence-electron chi connectivity index (χ2n) is 3.92. The average molecular weight is 221 g/mol. The zero-order valence-electron chi connectivity index (χ0n) is 9.02. The Kier molecular flexibility index (Phi) is 3.10. The van der Waals surface area contributed by atoms with Crippen molar-refractivity contribution in [1.29, 1.82) is 0 Å². The van der Waals surface area contributed by atoms with Gasteiger partial charge in [0.1, 0.15) is 5.75 Å². The summed E-state index contributed by atoms with van der Waals surface area (Å²) in [5.74, 6) is 0.0918. The summed E-state index contributed by atoms with van der Waals surface area (Å²) in [5.41, 5.74) is 1.29. The van der Waals surface area contributed by atoms with Crippen LogP contribution < -0.4 is 0 Å². The Balaban J connectivity index is 2.37. The quantitative estimate of drug-likeness (QED) is 0.775. The van der Waals surface area contributed by atoms with Crippen LogP contribution in [0.15, 0.2) is 18.2 Å². The van der Waals surface area contributed by atoms with Gasteiger partial charge in [0.15, 0.2) is 0 Å². The molecule has 0 aliphatic carbocycles. The van der Waals surface area contributed by atoms with E-state index in [9.17, 15) is 9.90 Å². The molecule has 0 spiro atoms. The van der Waals surface area contributed by atoms with Crippen LogP contribution in [0.3, 0.4) is 0 Å². The number of rotatable bonds is 2. The van der Waals surface area contributed by atoms with Crippen molar-refractivity contribution < 1.29 is 15.0 Å². The molecule has 0 atom stereocenters. The number of fused-ring (bicyclic) bond motifs is 1. The van der Waals surface area contributed by atoms with Gasteiger partial charge >= 0.3 is 0 Å². The van der Waals surface area contributed by atoms with E-state index in [4.69, 9.17) is 5.11 Å². The van der Waals surface area contributed by atoms with E-state index in [-0.39, 0.29) is 18.3 Å². The number of hydrogen-bond acceptors (Lipinski definition) is 3. The molecule has 0 fully saturated rings. The van der Waals surface area contributed by atoms with Gasteiger partial charge in [-0.2, -0.15) is 0 Å². The predicted octanol–water partition coefficient (Wildman–Crippen LogP) is 0.773. The van der Waals surface area contributed by atoms with Gasteiger partial charge in [-0.05, 0) is 25.0 Å². The molecular weight excluding hydrogens is 206 g/mol. The van der Waals surface area contributed by atoms with Gasteiger partial charge in [-0.1, -0.05) is 6.07 Å². The van der Waals surface area contributed by atoms with Crippen LogP contribution in [0.2, 0.25) is 0 Å². The largest absolute Gasteiger partial charge is 0.508 e. The number of aliphatic hydroxyl groups is 1. The minimum atomic E-state index is -0.0996. The standard InChI is InChI=1S/C12H15NO3/c14-8-7-13-6-2-4-9-10(12(13)16)3-1-5-11(9)15/h1,3,5,14-15H,2,4,6-8H2. The van der Waals surface area contributed by atoms with Gasteiger partial charge < -0.3 is 15.1 Å². The van der Waals surface area contributed by atoms with Crippen molar-refractivity contribution in [1.82, 2.24) is 4.90 Å². The summed E-state index contributed by atoms with van der Waals surface area (Å²) in [6, 6.07) is 5.01. The molecule has 1 aromatic rings. The Morgan fingerprint density at radius 1 is 1.38 bits per heavy atom. The normalized spacial score (nSPS) is 15.8. The Morgan fingerprint density at radius 3 is 2.94 bits per heavy atom. The lowest BCUT2D eigenvalue weighted by molar-refractivity contribution is 0.0727. The first-order valence-corrected chi connectivity index (χ1v) is 5.45. The highest BCUT2D eigenvalue weighted by Crippen LogP contribution is 2.26. The van der Waals surface area contributed by atoms with E-state index in [2.05, 4.69) is 0 Å².